The van der Waals surface area contributed by atoms with E-state index < -0.39 is 116 Å². The van der Waals surface area contributed by atoms with Crippen LogP contribution in [-0.2, 0) is 52.3 Å². The van der Waals surface area contributed by atoms with Gasteiger partial charge in [0.25, 0.3) is 0 Å². The fourth-order valence-electron chi connectivity index (χ4n) is 5.37. The largest absolute Gasteiger partial charge is 0.455 e. The molecule has 0 aliphatic carbocycles. The predicted octanol–water partition coefficient (Wildman–Crippen LogP) is 1.92. The van der Waals surface area contributed by atoms with E-state index in [1.807, 2.05) is 0 Å². The molecule has 2 aliphatic heterocycles. The number of hydrogen-bond acceptors (Lipinski definition) is 15. The molecule has 0 spiro atoms. The van der Waals surface area contributed by atoms with Crippen LogP contribution in [0.5, 0.6) is 0 Å². The summed E-state index contributed by atoms with van der Waals surface area (Å²) in [5.41, 5.74) is 0. The van der Waals surface area contributed by atoms with Crippen molar-refractivity contribution in [1.29, 1.82) is 0 Å². The minimum absolute atomic E-state index is 0.0245. The summed E-state index contributed by atoms with van der Waals surface area (Å²) in [6.07, 6.45) is -6.22. The van der Waals surface area contributed by atoms with Crippen LogP contribution in [0.25, 0.3) is 0 Å². The molecule has 0 aromatic heterocycles. The lowest BCUT2D eigenvalue weighted by Crippen LogP contribution is -2.65. The minimum Gasteiger partial charge on any atom is -0.455 e. The van der Waals surface area contributed by atoms with Crippen molar-refractivity contribution in [2.24, 2.45) is 17.8 Å². The third-order valence-corrected chi connectivity index (χ3v) is 8.38. The second kappa shape index (κ2) is 20.4. The first kappa shape index (κ1) is 42.8. The SMILES string of the molecule is CCCCCCCCCC(=O)O[C@@H]1[C@@H](O[C@]2(CO)O[C@@H](CO)[C@H](O)[C@@H]2OC(=O)C(C)C)O[C@@H](CO)[C@H](OC(=O)C(C)C)[C@H]1OC(=O)C(C)C. The van der Waals surface area contributed by atoms with Crippen LogP contribution in [-0.4, -0.2) is 119 Å². The molecule has 2 rings (SSSR count). The van der Waals surface area contributed by atoms with Crippen LogP contribution in [0.4, 0.5) is 0 Å². The highest BCUT2D eigenvalue weighted by molar-refractivity contribution is 5.73. The van der Waals surface area contributed by atoms with Crippen molar-refractivity contribution in [2.75, 3.05) is 19.8 Å². The standard InChI is InChI=1S/C34H58O15/c1-8-9-10-11-12-13-14-15-24(38)44-28-27(46-31(41)20(4)5)26(45-30(40)19(2)3)23(17-36)43-33(28)49-34(18-37)29(47-32(42)21(6)7)25(39)22(16-35)48-34/h19-23,25-29,33,35-37,39H,8-18H2,1-7H3/t22-,23-,25-,26-,27+,28-,29-,33+,34-/m0/s1. The van der Waals surface area contributed by atoms with Gasteiger partial charge in [-0.3, -0.25) is 19.2 Å². The first-order valence-electron chi connectivity index (χ1n) is 17.5. The molecule has 0 amide bonds. The molecule has 0 bridgehead atoms. The van der Waals surface area contributed by atoms with Gasteiger partial charge in [0.1, 0.15) is 24.9 Å². The number of esters is 4. The van der Waals surface area contributed by atoms with Crippen LogP contribution in [0.2, 0.25) is 0 Å². The molecule has 9 atom stereocenters. The number of ether oxygens (including phenoxy) is 7. The number of aliphatic hydroxyl groups excluding tert-OH is 4. The molecule has 2 saturated heterocycles. The number of unbranched alkanes of at least 4 members (excludes halogenated alkanes) is 6. The van der Waals surface area contributed by atoms with E-state index in [0.717, 1.165) is 38.5 Å². The van der Waals surface area contributed by atoms with Gasteiger partial charge in [0.05, 0.1) is 31.0 Å². The van der Waals surface area contributed by atoms with Crippen molar-refractivity contribution in [1.82, 2.24) is 0 Å². The zero-order valence-electron chi connectivity index (χ0n) is 29.9. The number of carbonyl (C=O) groups excluding carboxylic acids is 4. The second-order valence-electron chi connectivity index (χ2n) is 13.6. The van der Waals surface area contributed by atoms with E-state index in [-0.39, 0.29) is 6.42 Å². The van der Waals surface area contributed by atoms with Crippen LogP contribution in [0, 0.1) is 17.8 Å². The molecule has 0 radical (unpaired) electrons. The molecule has 15 nitrogen and oxygen atoms in total. The van der Waals surface area contributed by atoms with Gasteiger partial charge in [-0.15, -0.1) is 0 Å². The zero-order chi connectivity index (χ0) is 36.9. The molecule has 0 saturated carbocycles. The predicted molar refractivity (Wildman–Crippen MR) is 171 cm³/mol. The van der Waals surface area contributed by atoms with Gasteiger partial charge in [-0.2, -0.15) is 0 Å². The van der Waals surface area contributed by atoms with E-state index in [4.69, 9.17) is 33.2 Å². The second-order valence-corrected chi connectivity index (χ2v) is 13.6. The van der Waals surface area contributed by atoms with Crippen molar-refractivity contribution in [3.05, 3.63) is 0 Å². The summed E-state index contributed by atoms with van der Waals surface area (Å²) in [5, 5.41) is 41.9. The molecular weight excluding hydrogens is 648 g/mol. The van der Waals surface area contributed by atoms with Crippen molar-refractivity contribution in [2.45, 2.75) is 155 Å². The zero-order valence-corrected chi connectivity index (χ0v) is 29.9. The van der Waals surface area contributed by atoms with Crippen LogP contribution in [0.1, 0.15) is 99.8 Å². The quantitative estimate of drug-likeness (QED) is 0.0809. The topological polar surface area (TPSA) is 214 Å². The fraction of sp³-hybridized carbons (Fsp3) is 0.882. The van der Waals surface area contributed by atoms with Gasteiger partial charge in [0.15, 0.2) is 24.4 Å². The molecule has 15 heteroatoms. The van der Waals surface area contributed by atoms with Crippen LogP contribution in [0.15, 0.2) is 0 Å². The monoisotopic (exact) mass is 706 g/mol. The third kappa shape index (κ3) is 11.8. The summed E-state index contributed by atoms with van der Waals surface area (Å²) in [6.45, 7) is 8.88. The molecule has 2 fully saturated rings. The Hall–Kier alpha value is -2.40. The number of rotatable bonds is 20. The van der Waals surface area contributed by atoms with E-state index in [9.17, 15) is 39.6 Å². The highest BCUT2D eigenvalue weighted by Gasteiger charge is 2.62. The van der Waals surface area contributed by atoms with Crippen LogP contribution in [0.3, 0.4) is 0 Å². The third-order valence-electron chi connectivity index (χ3n) is 8.38. The first-order valence-corrected chi connectivity index (χ1v) is 17.5. The van der Waals surface area contributed by atoms with E-state index in [2.05, 4.69) is 6.92 Å². The van der Waals surface area contributed by atoms with Gasteiger partial charge >= 0.3 is 23.9 Å². The fourth-order valence-corrected chi connectivity index (χ4v) is 5.37. The Balaban J connectivity index is 2.55. The highest BCUT2D eigenvalue weighted by Crippen LogP contribution is 2.40. The maximum atomic E-state index is 13.3. The van der Waals surface area contributed by atoms with Gasteiger partial charge in [-0.05, 0) is 6.42 Å². The average Bonchev–Trinajstić information content (AvgIpc) is 3.32. The molecular formula is C34H58O15. The Morgan fingerprint density at radius 3 is 1.69 bits per heavy atom. The van der Waals surface area contributed by atoms with Gasteiger partial charge in [0.2, 0.25) is 12.1 Å². The van der Waals surface area contributed by atoms with Crippen molar-refractivity contribution >= 4 is 23.9 Å². The highest BCUT2D eigenvalue weighted by atomic mass is 16.8. The smallest absolute Gasteiger partial charge is 0.308 e. The molecule has 2 aliphatic rings. The normalized spacial score (nSPS) is 30.1. The maximum absolute atomic E-state index is 13.3. The van der Waals surface area contributed by atoms with Crippen LogP contribution < -0.4 is 0 Å². The Labute approximate surface area is 288 Å². The summed E-state index contributed by atoms with van der Waals surface area (Å²) < 4.78 is 40.6. The lowest BCUT2D eigenvalue weighted by atomic mass is 9.97. The Morgan fingerprint density at radius 1 is 0.673 bits per heavy atom. The molecule has 0 aromatic rings. The average molecular weight is 707 g/mol. The molecule has 49 heavy (non-hydrogen) atoms. The summed E-state index contributed by atoms with van der Waals surface area (Å²) in [4.78, 5) is 51.8. The summed E-state index contributed by atoms with van der Waals surface area (Å²) in [6, 6.07) is 0. The number of aliphatic hydroxyl groups is 4. The molecule has 2 heterocycles. The summed E-state index contributed by atoms with van der Waals surface area (Å²) in [5.74, 6) is -7.35. The summed E-state index contributed by atoms with van der Waals surface area (Å²) in [7, 11) is 0. The Bertz CT molecular complexity index is 1050. The Kier molecular flexibility index (Phi) is 17.8. The van der Waals surface area contributed by atoms with E-state index in [1.165, 1.54) is 0 Å². The lowest BCUT2D eigenvalue weighted by molar-refractivity contribution is -0.384. The van der Waals surface area contributed by atoms with Gasteiger partial charge < -0.3 is 53.6 Å². The van der Waals surface area contributed by atoms with E-state index in [0.29, 0.717) is 6.42 Å². The molecule has 0 aromatic carbocycles. The Morgan fingerprint density at radius 2 is 1.18 bits per heavy atom. The molecule has 4 N–H and O–H groups in total. The molecule has 0 unspecified atom stereocenters. The summed E-state index contributed by atoms with van der Waals surface area (Å²) >= 11 is 0. The van der Waals surface area contributed by atoms with Gasteiger partial charge in [-0.25, -0.2) is 0 Å². The maximum Gasteiger partial charge on any atom is 0.308 e. The van der Waals surface area contributed by atoms with Crippen molar-refractivity contribution in [3.63, 3.8) is 0 Å². The van der Waals surface area contributed by atoms with E-state index >= 15 is 0 Å². The van der Waals surface area contributed by atoms with Crippen molar-refractivity contribution < 1.29 is 72.8 Å². The van der Waals surface area contributed by atoms with Crippen molar-refractivity contribution in [3.8, 4) is 0 Å². The van der Waals surface area contributed by atoms with E-state index in [1.54, 1.807) is 41.5 Å². The first-order chi connectivity index (χ1) is 23.2. The van der Waals surface area contributed by atoms with Gasteiger partial charge in [-0.1, -0.05) is 87.0 Å². The van der Waals surface area contributed by atoms with Gasteiger partial charge in [0, 0.05) is 6.42 Å². The van der Waals surface area contributed by atoms with Crippen LogP contribution >= 0.6 is 0 Å². The lowest BCUT2D eigenvalue weighted by Gasteiger charge is -2.46. The molecule has 284 valence electrons. The minimum atomic E-state index is -2.39. The number of carbonyl (C=O) groups is 4. The number of hydrogen-bond donors (Lipinski definition) is 4.